The van der Waals surface area contributed by atoms with Gasteiger partial charge in [-0.2, -0.15) is 4.68 Å². The van der Waals surface area contributed by atoms with E-state index in [9.17, 15) is 9.59 Å². The fraction of sp³-hybridized carbons (Fsp3) is 0.333. The summed E-state index contributed by atoms with van der Waals surface area (Å²) >= 11 is 0. The summed E-state index contributed by atoms with van der Waals surface area (Å²) in [5, 5.41) is 2.19. The van der Waals surface area contributed by atoms with Gasteiger partial charge in [-0.25, -0.2) is 4.79 Å². The first-order valence-corrected chi connectivity index (χ1v) is 3.40. The second kappa shape index (κ2) is 3.12. The van der Waals surface area contributed by atoms with Crippen molar-refractivity contribution < 1.29 is 9.53 Å². The van der Waals surface area contributed by atoms with Crippen LogP contribution in [-0.2, 0) is 4.74 Å². The Kier molecular flexibility index (Phi) is 2.18. The molecule has 0 aliphatic heterocycles. The van der Waals surface area contributed by atoms with Gasteiger partial charge in [-0.3, -0.25) is 9.89 Å². The molecule has 0 aliphatic carbocycles. The molecule has 1 aromatic heterocycles. The molecule has 0 radical (unpaired) electrons. The van der Waals surface area contributed by atoms with Crippen LogP contribution in [0.15, 0.2) is 10.9 Å². The summed E-state index contributed by atoms with van der Waals surface area (Å²) in [6.45, 7) is 1.90. The molecule has 0 unspecified atom stereocenters. The van der Waals surface area contributed by atoms with Crippen LogP contribution >= 0.6 is 0 Å². The fourth-order valence-electron chi connectivity index (χ4n) is 0.745. The minimum Gasteiger partial charge on any atom is -0.448 e. The van der Waals surface area contributed by atoms with Gasteiger partial charge < -0.3 is 10.5 Å². The zero-order chi connectivity index (χ0) is 9.14. The number of carbonyl (C=O) groups excluding carboxylic acids is 1. The number of nitrogens with zero attached hydrogens (tertiary/aromatic N) is 1. The summed E-state index contributed by atoms with van der Waals surface area (Å²) in [6, 6.07) is 1.11. The molecule has 0 atom stereocenters. The molecular formula is C6H9N3O3. The first-order chi connectivity index (χ1) is 5.65. The van der Waals surface area contributed by atoms with Gasteiger partial charge in [0.25, 0.3) is 5.56 Å². The van der Waals surface area contributed by atoms with Gasteiger partial charge in [0.1, 0.15) is 5.82 Å². The maximum absolute atomic E-state index is 11.0. The summed E-state index contributed by atoms with van der Waals surface area (Å²) in [5.74, 6) is 0.0402. The number of aromatic amines is 1. The van der Waals surface area contributed by atoms with Gasteiger partial charge >= 0.3 is 6.09 Å². The molecule has 0 saturated heterocycles. The van der Waals surface area contributed by atoms with Gasteiger partial charge in [0, 0.05) is 6.07 Å². The minimum atomic E-state index is -0.683. The molecule has 0 amide bonds. The summed E-state index contributed by atoms with van der Waals surface area (Å²) in [4.78, 5) is 21.6. The van der Waals surface area contributed by atoms with Crippen LogP contribution in [0.2, 0.25) is 0 Å². The second-order valence-electron chi connectivity index (χ2n) is 2.08. The van der Waals surface area contributed by atoms with Crippen molar-refractivity contribution in [3.63, 3.8) is 0 Å². The average molecular weight is 171 g/mol. The predicted molar refractivity (Wildman–Crippen MR) is 41.9 cm³/mol. The molecular weight excluding hydrogens is 162 g/mol. The lowest BCUT2D eigenvalue weighted by Gasteiger charge is -2.01. The molecule has 0 spiro atoms. The van der Waals surface area contributed by atoms with Crippen molar-refractivity contribution in [1.82, 2.24) is 9.78 Å². The van der Waals surface area contributed by atoms with E-state index in [2.05, 4.69) is 9.84 Å². The highest BCUT2D eigenvalue weighted by molar-refractivity contribution is 5.72. The molecule has 0 fully saturated rings. The second-order valence-corrected chi connectivity index (χ2v) is 2.08. The predicted octanol–water partition coefficient (Wildman–Crippen LogP) is -0.237. The van der Waals surface area contributed by atoms with E-state index in [0.717, 1.165) is 10.7 Å². The number of hydrogen-bond acceptors (Lipinski definition) is 4. The molecule has 1 aromatic rings. The summed E-state index contributed by atoms with van der Waals surface area (Å²) in [7, 11) is 0. The number of anilines is 1. The van der Waals surface area contributed by atoms with Crippen LogP contribution in [-0.4, -0.2) is 22.5 Å². The van der Waals surface area contributed by atoms with Crippen LogP contribution in [0.5, 0.6) is 0 Å². The van der Waals surface area contributed by atoms with E-state index in [-0.39, 0.29) is 12.4 Å². The molecule has 0 aliphatic rings. The third-order valence-electron chi connectivity index (χ3n) is 1.21. The number of ether oxygens (including phenoxy) is 1. The number of rotatable bonds is 1. The number of nitrogens with one attached hydrogen (secondary N) is 1. The maximum Gasteiger partial charge on any atom is 0.434 e. The van der Waals surface area contributed by atoms with Gasteiger partial charge in [-0.05, 0) is 6.92 Å². The topological polar surface area (TPSA) is 90.1 Å². The lowest BCUT2D eigenvalue weighted by molar-refractivity contribution is 0.151. The van der Waals surface area contributed by atoms with Gasteiger partial charge in [-0.1, -0.05) is 0 Å². The van der Waals surface area contributed by atoms with Crippen molar-refractivity contribution in [2.75, 3.05) is 12.3 Å². The molecule has 6 heteroatoms. The van der Waals surface area contributed by atoms with Crippen LogP contribution in [0.25, 0.3) is 0 Å². The largest absolute Gasteiger partial charge is 0.448 e. The van der Waals surface area contributed by atoms with Gasteiger partial charge in [0.2, 0.25) is 0 Å². The third kappa shape index (κ3) is 1.47. The average Bonchev–Trinajstić information content (AvgIpc) is 2.30. The summed E-state index contributed by atoms with van der Waals surface area (Å²) in [5.41, 5.74) is 4.87. The highest BCUT2D eigenvalue weighted by Gasteiger charge is 2.08. The molecule has 66 valence electrons. The third-order valence-corrected chi connectivity index (χ3v) is 1.21. The van der Waals surface area contributed by atoms with E-state index in [1.54, 1.807) is 6.92 Å². The SMILES string of the molecule is CCOC(=O)n1[nH]c(=O)cc1N. The van der Waals surface area contributed by atoms with Crippen LogP contribution in [0.3, 0.4) is 0 Å². The summed E-state index contributed by atoms with van der Waals surface area (Å²) in [6.07, 6.45) is -0.683. The minimum absolute atomic E-state index is 0.0402. The van der Waals surface area contributed by atoms with E-state index >= 15 is 0 Å². The number of aromatic nitrogens is 2. The lowest BCUT2D eigenvalue weighted by atomic mass is 10.6. The van der Waals surface area contributed by atoms with Crippen LogP contribution in [0, 0.1) is 0 Å². The van der Waals surface area contributed by atoms with Crippen molar-refractivity contribution in [2.24, 2.45) is 0 Å². The van der Waals surface area contributed by atoms with Crippen molar-refractivity contribution >= 4 is 11.9 Å². The first-order valence-electron chi connectivity index (χ1n) is 3.40. The number of nitrogens with two attached hydrogens (primary N) is 1. The molecule has 12 heavy (non-hydrogen) atoms. The molecule has 6 nitrogen and oxygen atoms in total. The van der Waals surface area contributed by atoms with E-state index in [1.807, 2.05) is 0 Å². The smallest absolute Gasteiger partial charge is 0.434 e. The Bertz CT molecular complexity index is 338. The zero-order valence-electron chi connectivity index (χ0n) is 6.53. The standard InChI is InChI=1S/C6H9N3O3/c1-2-12-6(11)9-4(7)3-5(10)8-9/h3H,2,7H2,1H3,(H,8,10). The van der Waals surface area contributed by atoms with Crippen molar-refractivity contribution in [2.45, 2.75) is 6.92 Å². The van der Waals surface area contributed by atoms with Gasteiger partial charge in [0.15, 0.2) is 0 Å². The number of nitrogen functional groups attached to an aromatic ring is 1. The Morgan fingerprint density at radius 3 is 2.92 bits per heavy atom. The Hall–Kier alpha value is -1.72. The Labute approximate surface area is 67.9 Å². The Balaban J connectivity index is 2.94. The maximum atomic E-state index is 11.0. The van der Waals surface area contributed by atoms with Crippen molar-refractivity contribution in [1.29, 1.82) is 0 Å². The molecule has 3 N–H and O–H groups in total. The zero-order valence-corrected chi connectivity index (χ0v) is 6.53. The highest BCUT2D eigenvalue weighted by atomic mass is 16.6. The van der Waals surface area contributed by atoms with Gasteiger partial charge in [0.05, 0.1) is 6.61 Å². The quantitative estimate of drug-likeness (QED) is 0.610. The normalized spacial score (nSPS) is 9.75. The Morgan fingerprint density at radius 1 is 1.83 bits per heavy atom. The number of H-pyrrole nitrogens is 1. The van der Waals surface area contributed by atoms with Crippen LogP contribution in [0.4, 0.5) is 10.6 Å². The molecule has 1 heterocycles. The highest BCUT2D eigenvalue weighted by Crippen LogP contribution is 1.96. The van der Waals surface area contributed by atoms with E-state index in [0.29, 0.717) is 0 Å². The summed E-state index contributed by atoms with van der Waals surface area (Å²) < 4.78 is 5.45. The van der Waals surface area contributed by atoms with Crippen LogP contribution < -0.4 is 11.3 Å². The molecule has 0 aromatic carbocycles. The van der Waals surface area contributed by atoms with E-state index in [4.69, 9.17) is 5.73 Å². The van der Waals surface area contributed by atoms with E-state index < -0.39 is 11.7 Å². The number of carbonyl (C=O) groups is 1. The molecule has 1 rings (SSSR count). The first kappa shape index (κ1) is 8.38. The number of hydrogen-bond donors (Lipinski definition) is 2. The Morgan fingerprint density at radius 2 is 2.50 bits per heavy atom. The van der Waals surface area contributed by atoms with E-state index in [1.165, 1.54) is 0 Å². The van der Waals surface area contributed by atoms with Crippen molar-refractivity contribution in [3.05, 3.63) is 16.4 Å². The lowest BCUT2D eigenvalue weighted by Crippen LogP contribution is -2.18. The van der Waals surface area contributed by atoms with Gasteiger partial charge in [-0.15, -0.1) is 0 Å². The molecule has 0 bridgehead atoms. The monoisotopic (exact) mass is 171 g/mol. The van der Waals surface area contributed by atoms with Crippen molar-refractivity contribution in [3.8, 4) is 0 Å². The fourth-order valence-corrected chi connectivity index (χ4v) is 0.745. The molecule has 0 saturated carbocycles. The van der Waals surface area contributed by atoms with Crippen LogP contribution in [0.1, 0.15) is 6.92 Å².